The predicted molar refractivity (Wildman–Crippen MR) is 87.5 cm³/mol. The lowest BCUT2D eigenvalue weighted by Crippen LogP contribution is -2.09. The normalized spacial score (nSPS) is 11.9. The number of alkyl halides is 3. The molecule has 5 nitrogen and oxygen atoms in total. The summed E-state index contributed by atoms with van der Waals surface area (Å²) in [5, 5.41) is 8.07. The van der Waals surface area contributed by atoms with Gasteiger partial charge in [-0.15, -0.1) is 10.2 Å². The van der Waals surface area contributed by atoms with E-state index in [0.29, 0.717) is 17.7 Å². The van der Waals surface area contributed by atoms with E-state index < -0.39 is 11.9 Å². The molecule has 0 saturated heterocycles. The van der Waals surface area contributed by atoms with Crippen LogP contribution in [0, 0.1) is 3.57 Å². The van der Waals surface area contributed by atoms with Crippen LogP contribution < -0.4 is 4.74 Å². The van der Waals surface area contributed by atoms with Gasteiger partial charge in [-0.2, -0.15) is 13.2 Å². The van der Waals surface area contributed by atoms with Crippen molar-refractivity contribution in [2.75, 3.05) is 0 Å². The van der Waals surface area contributed by atoms with Crippen molar-refractivity contribution in [1.29, 1.82) is 0 Å². The van der Waals surface area contributed by atoms with Crippen molar-refractivity contribution >= 4 is 33.5 Å². The number of hydrogen-bond donors (Lipinski definition) is 0. The lowest BCUT2D eigenvalue weighted by molar-refractivity contribution is -0.141. The molecule has 1 aromatic carbocycles. The van der Waals surface area contributed by atoms with Crippen LogP contribution in [0.2, 0.25) is 0 Å². The van der Waals surface area contributed by atoms with Gasteiger partial charge in [0.2, 0.25) is 5.89 Å². The molecule has 0 bridgehead atoms. The van der Waals surface area contributed by atoms with Gasteiger partial charge in [-0.3, -0.25) is 0 Å². The Morgan fingerprint density at radius 3 is 2.58 bits per heavy atom. The second kappa shape index (κ2) is 6.54. The van der Waals surface area contributed by atoms with Gasteiger partial charge in [0, 0.05) is 21.4 Å². The third-order valence-electron chi connectivity index (χ3n) is 3.19. The molecule has 0 fully saturated rings. The van der Waals surface area contributed by atoms with E-state index in [1.54, 1.807) is 12.1 Å². The van der Waals surface area contributed by atoms with Crippen LogP contribution in [0.5, 0.6) is 5.75 Å². The molecule has 0 amide bonds. The average Bonchev–Trinajstić information content (AvgIpc) is 2.99. The summed E-state index contributed by atoms with van der Waals surface area (Å²) in [6.45, 7) is 1.74. The Labute approximate surface area is 148 Å². The van der Waals surface area contributed by atoms with E-state index >= 15 is 0 Å². The van der Waals surface area contributed by atoms with E-state index in [0.717, 1.165) is 9.64 Å². The van der Waals surface area contributed by atoms with Crippen LogP contribution >= 0.6 is 22.6 Å². The van der Waals surface area contributed by atoms with Crippen LogP contribution in [0.4, 0.5) is 13.2 Å². The van der Waals surface area contributed by atoms with Crippen LogP contribution in [0.25, 0.3) is 10.9 Å². The number of ether oxygens (including phenoxy) is 1. The van der Waals surface area contributed by atoms with Crippen molar-refractivity contribution in [3.8, 4) is 5.75 Å². The fraction of sp³-hybridized carbons (Fsp3) is 0.267. The number of rotatable bonds is 4. The smallest absolute Gasteiger partial charge is 0.433 e. The third-order valence-corrected chi connectivity index (χ3v) is 3.86. The molecule has 9 heteroatoms. The van der Waals surface area contributed by atoms with Crippen LogP contribution in [0.3, 0.4) is 0 Å². The first-order valence-corrected chi connectivity index (χ1v) is 8.06. The Balaban J connectivity index is 1.98. The maximum atomic E-state index is 13.0. The molecule has 3 aromatic rings. The zero-order chi connectivity index (χ0) is 17.3. The molecule has 0 N–H and O–H groups in total. The van der Waals surface area contributed by atoms with E-state index in [-0.39, 0.29) is 23.8 Å². The molecule has 2 heterocycles. The maximum absolute atomic E-state index is 13.0. The van der Waals surface area contributed by atoms with Gasteiger partial charge >= 0.3 is 6.18 Å². The van der Waals surface area contributed by atoms with Gasteiger partial charge < -0.3 is 9.15 Å². The van der Waals surface area contributed by atoms with Crippen molar-refractivity contribution in [3.05, 3.63) is 45.3 Å². The molecule has 2 aromatic heterocycles. The summed E-state index contributed by atoms with van der Waals surface area (Å²) in [7, 11) is 0. The molecule has 0 atom stereocenters. The second-order valence-electron chi connectivity index (χ2n) is 4.90. The number of aryl methyl sites for hydroxylation is 1. The van der Waals surface area contributed by atoms with E-state index in [9.17, 15) is 13.2 Å². The summed E-state index contributed by atoms with van der Waals surface area (Å²) in [6, 6.07) is 5.81. The van der Waals surface area contributed by atoms with Gasteiger partial charge in [0.1, 0.15) is 11.4 Å². The van der Waals surface area contributed by atoms with Gasteiger partial charge in [0.05, 0.1) is 5.52 Å². The summed E-state index contributed by atoms with van der Waals surface area (Å²) in [6.07, 6.45) is -3.99. The first-order chi connectivity index (χ1) is 11.4. The van der Waals surface area contributed by atoms with Crippen molar-refractivity contribution in [3.63, 3.8) is 0 Å². The molecular formula is C15H11F3IN3O2. The number of fused-ring (bicyclic) bond motifs is 1. The highest BCUT2D eigenvalue weighted by molar-refractivity contribution is 14.1. The summed E-state index contributed by atoms with van der Waals surface area (Å²) >= 11 is 2.07. The minimum atomic E-state index is -4.56. The SMILES string of the molecule is CCc1nnc(COc2cc(C(F)(F)F)nc3ccc(I)cc23)o1. The number of hydrogen-bond acceptors (Lipinski definition) is 5. The number of pyridine rings is 1. The average molecular weight is 449 g/mol. The summed E-state index contributed by atoms with van der Waals surface area (Å²) in [4.78, 5) is 3.66. The Morgan fingerprint density at radius 2 is 1.92 bits per heavy atom. The van der Waals surface area contributed by atoms with Gasteiger partial charge in [-0.1, -0.05) is 6.92 Å². The maximum Gasteiger partial charge on any atom is 0.433 e. The summed E-state index contributed by atoms with van der Waals surface area (Å²) < 4.78 is 50.8. The Morgan fingerprint density at radius 1 is 1.17 bits per heavy atom. The molecule has 0 radical (unpaired) electrons. The molecular weight excluding hydrogens is 438 g/mol. The van der Waals surface area contributed by atoms with Crippen molar-refractivity contribution in [2.24, 2.45) is 0 Å². The van der Waals surface area contributed by atoms with Gasteiger partial charge in [-0.05, 0) is 40.8 Å². The zero-order valence-electron chi connectivity index (χ0n) is 12.4. The first kappa shape index (κ1) is 16.9. The largest absolute Gasteiger partial charge is 0.483 e. The number of benzene rings is 1. The van der Waals surface area contributed by atoms with Gasteiger partial charge in [0.15, 0.2) is 6.61 Å². The number of halogens is 4. The van der Waals surface area contributed by atoms with E-state index in [2.05, 4.69) is 37.8 Å². The Hall–Kier alpha value is -1.91. The fourth-order valence-electron chi connectivity index (χ4n) is 2.06. The number of nitrogens with zero attached hydrogens (tertiary/aromatic N) is 3. The van der Waals surface area contributed by atoms with Crippen molar-refractivity contribution in [1.82, 2.24) is 15.2 Å². The molecule has 0 unspecified atom stereocenters. The highest BCUT2D eigenvalue weighted by Gasteiger charge is 2.33. The van der Waals surface area contributed by atoms with Crippen molar-refractivity contribution in [2.45, 2.75) is 26.1 Å². The monoisotopic (exact) mass is 449 g/mol. The van der Waals surface area contributed by atoms with E-state index in [1.807, 2.05) is 6.92 Å². The standard InChI is InChI=1S/C15H11F3IN3O2/c1-2-13-21-22-14(24-13)7-23-11-6-12(15(16,17)18)20-10-4-3-8(19)5-9(10)11/h3-6H,2,7H2,1H3. The zero-order valence-corrected chi connectivity index (χ0v) is 14.6. The van der Waals surface area contributed by atoms with Crippen LogP contribution in [-0.2, 0) is 19.2 Å². The molecule has 0 aliphatic rings. The van der Waals surface area contributed by atoms with Crippen LogP contribution in [-0.4, -0.2) is 15.2 Å². The highest BCUT2D eigenvalue weighted by Crippen LogP contribution is 2.35. The second-order valence-corrected chi connectivity index (χ2v) is 6.14. The summed E-state index contributed by atoms with van der Waals surface area (Å²) in [5.74, 6) is 0.719. The topological polar surface area (TPSA) is 61.0 Å². The summed E-state index contributed by atoms with van der Waals surface area (Å²) in [5.41, 5.74) is -0.800. The third kappa shape index (κ3) is 3.60. The quantitative estimate of drug-likeness (QED) is 0.554. The minimum absolute atomic E-state index is 0.0714. The molecule has 24 heavy (non-hydrogen) atoms. The molecule has 0 aliphatic carbocycles. The molecule has 0 saturated carbocycles. The van der Waals surface area contributed by atoms with Crippen LogP contribution in [0.1, 0.15) is 24.4 Å². The predicted octanol–water partition coefficient (Wildman–Crippen LogP) is 4.38. The van der Waals surface area contributed by atoms with Crippen LogP contribution in [0.15, 0.2) is 28.7 Å². The van der Waals surface area contributed by atoms with E-state index in [1.165, 1.54) is 6.07 Å². The Kier molecular flexibility index (Phi) is 4.61. The molecule has 0 aliphatic heterocycles. The number of aromatic nitrogens is 3. The highest BCUT2D eigenvalue weighted by atomic mass is 127. The molecule has 126 valence electrons. The molecule has 3 rings (SSSR count). The fourth-order valence-corrected chi connectivity index (χ4v) is 2.55. The van der Waals surface area contributed by atoms with Crippen molar-refractivity contribution < 1.29 is 22.3 Å². The van der Waals surface area contributed by atoms with E-state index in [4.69, 9.17) is 9.15 Å². The van der Waals surface area contributed by atoms with Gasteiger partial charge in [-0.25, -0.2) is 4.98 Å². The minimum Gasteiger partial charge on any atom is -0.483 e. The Bertz CT molecular complexity index is 880. The lowest BCUT2D eigenvalue weighted by atomic mass is 10.2. The van der Waals surface area contributed by atoms with Gasteiger partial charge in [0.25, 0.3) is 5.89 Å². The molecule has 0 spiro atoms. The lowest BCUT2D eigenvalue weighted by Gasteiger charge is -2.12. The first-order valence-electron chi connectivity index (χ1n) is 6.98.